The molecule has 2 aliphatic heterocycles. The number of aromatic amines is 1. The highest BCUT2D eigenvalue weighted by molar-refractivity contribution is 5.88. The Morgan fingerprint density at radius 3 is 2.84 bits per heavy atom. The van der Waals surface area contributed by atoms with Crippen LogP contribution >= 0.6 is 0 Å². The molecule has 0 radical (unpaired) electrons. The lowest BCUT2D eigenvalue weighted by Gasteiger charge is -2.44. The molecule has 1 fully saturated rings. The molecular weight excluding hydrogens is 428 g/mol. The lowest BCUT2D eigenvalue weighted by Crippen LogP contribution is -2.54. The number of nitrogens with one attached hydrogen (secondary N) is 2. The molecule has 1 saturated heterocycles. The quantitative estimate of drug-likeness (QED) is 0.581. The van der Waals surface area contributed by atoms with Crippen molar-refractivity contribution < 1.29 is 27.0 Å². The monoisotopic (exact) mass is 450 g/mol. The van der Waals surface area contributed by atoms with Crippen molar-refractivity contribution in [2.24, 2.45) is 0 Å². The zero-order valence-electron chi connectivity index (χ0n) is 17.2. The van der Waals surface area contributed by atoms with Crippen LogP contribution in [0, 0.1) is 5.82 Å². The fourth-order valence-electron chi connectivity index (χ4n) is 4.46. The second-order valence-electron chi connectivity index (χ2n) is 8.14. The average Bonchev–Trinajstić information content (AvgIpc) is 3.20. The van der Waals surface area contributed by atoms with Crippen LogP contribution in [0.3, 0.4) is 0 Å². The second-order valence-corrected chi connectivity index (χ2v) is 8.14. The molecule has 0 saturated carbocycles. The van der Waals surface area contributed by atoms with Gasteiger partial charge in [0, 0.05) is 24.7 Å². The van der Waals surface area contributed by atoms with Gasteiger partial charge in [-0.1, -0.05) is 12.1 Å². The number of halogens is 4. The molecule has 0 unspecified atom stereocenters. The number of morpholine rings is 1. The molecule has 170 valence electrons. The minimum Gasteiger partial charge on any atom is -0.491 e. The Morgan fingerprint density at radius 1 is 1.22 bits per heavy atom. The van der Waals surface area contributed by atoms with Crippen LogP contribution in [0.15, 0.2) is 36.4 Å². The van der Waals surface area contributed by atoms with E-state index in [0.717, 1.165) is 5.56 Å². The SMILES string of the molecule is C[C@@H]1CN([C@H]2COc3cc(F)ccc3[C@@H]2Nc2cccc3[nH]c(C(F)(F)F)nc23)CCO1. The molecule has 0 amide bonds. The van der Waals surface area contributed by atoms with Gasteiger partial charge in [0.15, 0.2) is 0 Å². The Morgan fingerprint density at radius 2 is 2.06 bits per heavy atom. The molecule has 0 spiro atoms. The van der Waals surface area contributed by atoms with E-state index < -0.39 is 17.8 Å². The molecule has 3 aromatic rings. The third-order valence-electron chi connectivity index (χ3n) is 5.94. The number of anilines is 1. The maximum atomic E-state index is 13.8. The minimum atomic E-state index is -4.58. The first-order chi connectivity index (χ1) is 15.3. The van der Waals surface area contributed by atoms with Crippen molar-refractivity contribution in [2.45, 2.75) is 31.3 Å². The summed E-state index contributed by atoms with van der Waals surface area (Å²) in [5, 5.41) is 3.39. The molecule has 5 rings (SSSR count). The molecule has 3 atom stereocenters. The minimum absolute atomic E-state index is 0.0446. The molecule has 2 aliphatic rings. The molecule has 0 aliphatic carbocycles. The third-order valence-corrected chi connectivity index (χ3v) is 5.94. The van der Waals surface area contributed by atoms with Crippen LogP contribution in [0.2, 0.25) is 0 Å². The van der Waals surface area contributed by atoms with Gasteiger partial charge in [-0.2, -0.15) is 13.2 Å². The van der Waals surface area contributed by atoms with E-state index in [1.165, 1.54) is 12.1 Å². The topological polar surface area (TPSA) is 62.4 Å². The van der Waals surface area contributed by atoms with Gasteiger partial charge in [0.2, 0.25) is 5.82 Å². The summed E-state index contributed by atoms with van der Waals surface area (Å²) in [5.74, 6) is -1.04. The summed E-state index contributed by atoms with van der Waals surface area (Å²) in [6.45, 7) is 4.26. The maximum absolute atomic E-state index is 13.8. The molecule has 1 aromatic heterocycles. The van der Waals surface area contributed by atoms with Crippen LogP contribution < -0.4 is 10.1 Å². The van der Waals surface area contributed by atoms with E-state index in [4.69, 9.17) is 9.47 Å². The Hall–Kier alpha value is -2.85. The van der Waals surface area contributed by atoms with Crippen molar-refractivity contribution in [3.63, 3.8) is 0 Å². The number of hydrogen-bond acceptors (Lipinski definition) is 5. The van der Waals surface area contributed by atoms with Gasteiger partial charge in [0.25, 0.3) is 0 Å². The number of H-pyrrole nitrogens is 1. The van der Waals surface area contributed by atoms with Crippen molar-refractivity contribution in [2.75, 3.05) is 31.6 Å². The first-order valence-corrected chi connectivity index (χ1v) is 10.4. The van der Waals surface area contributed by atoms with E-state index in [1.807, 2.05) is 6.92 Å². The summed E-state index contributed by atoms with van der Waals surface area (Å²) in [6.07, 6.45) is -4.53. The fourth-order valence-corrected chi connectivity index (χ4v) is 4.46. The van der Waals surface area contributed by atoms with E-state index >= 15 is 0 Å². The average molecular weight is 450 g/mol. The number of alkyl halides is 3. The Balaban J connectivity index is 1.55. The molecule has 10 heteroatoms. The summed E-state index contributed by atoms with van der Waals surface area (Å²) in [6, 6.07) is 8.79. The third kappa shape index (κ3) is 3.88. The normalized spacial score (nSPS) is 24.2. The van der Waals surface area contributed by atoms with E-state index in [2.05, 4.69) is 20.2 Å². The van der Waals surface area contributed by atoms with Crippen molar-refractivity contribution in [3.8, 4) is 5.75 Å². The van der Waals surface area contributed by atoms with Crippen LogP contribution in [0.4, 0.5) is 23.2 Å². The number of benzene rings is 2. The molecular formula is C22H22F4N4O2. The molecule has 32 heavy (non-hydrogen) atoms. The van der Waals surface area contributed by atoms with Gasteiger partial charge in [-0.15, -0.1) is 0 Å². The summed E-state index contributed by atoms with van der Waals surface area (Å²) in [5.41, 5.74) is 1.68. The number of para-hydroxylation sites is 1. The van der Waals surface area contributed by atoms with Crippen molar-refractivity contribution in [1.29, 1.82) is 0 Å². The summed E-state index contributed by atoms with van der Waals surface area (Å²) in [4.78, 5) is 8.38. The van der Waals surface area contributed by atoms with Gasteiger partial charge >= 0.3 is 6.18 Å². The number of ether oxygens (including phenoxy) is 2. The highest BCUT2D eigenvalue weighted by atomic mass is 19.4. The Kier molecular flexibility index (Phi) is 5.21. The number of hydrogen-bond donors (Lipinski definition) is 2. The Labute approximate surface area is 181 Å². The van der Waals surface area contributed by atoms with Gasteiger partial charge in [0.05, 0.1) is 36.0 Å². The molecule has 2 N–H and O–H groups in total. The van der Waals surface area contributed by atoms with Crippen molar-refractivity contribution >= 4 is 16.7 Å². The van der Waals surface area contributed by atoms with E-state index in [9.17, 15) is 17.6 Å². The summed E-state index contributed by atoms with van der Waals surface area (Å²) in [7, 11) is 0. The molecule has 0 bridgehead atoms. The van der Waals surface area contributed by atoms with Crippen LogP contribution in [0.1, 0.15) is 24.4 Å². The van der Waals surface area contributed by atoms with Gasteiger partial charge in [-0.05, 0) is 25.1 Å². The van der Waals surface area contributed by atoms with Crippen LogP contribution in [0.25, 0.3) is 11.0 Å². The fraction of sp³-hybridized carbons (Fsp3) is 0.409. The number of aromatic nitrogens is 2. The van der Waals surface area contributed by atoms with Crippen LogP contribution in [-0.2, 0) is 10.9 Å². The lowest BCUT2D eigenvalue weighted by atomic mass is 9.94. The predicted octanol–water partition coefficient (Wildman–Crippen LogP) is 4.36. The summed E-state index contributed by atoms with van der Waals surface area (Å²) >= 11 is 0. The molecule has 2 aromatic carbocycles. The van der Waals surface area contributed by atoms with E-state index in [-0.39, 0.29) is 29.2 Å². The highest BCUT2D eigenvalue weighted by Gasteiger charge is 2.38. The van der Waals surface area contributed by atoms with Crippen LogP contribution in [-0.4, -0.2) is 53.3 Å². The highest BCUT2D eigenvalue weighted by Crippen LogP contribution is 2.39. The van der Waals surface area contributed by atoms with Gasteiger partial charge in [0.1, 0.15) is 23.7 Å². The van der Waals surface area contributed by atoms with Gasteiger partial charge in [-0.3, -0.25) is 4.90 Å². The standard InChI is InChI=1S/C22H22F4N4O2/c1-12-10-30(7-8-31-12)17-11-32-18-9-13(23)5-6-14(18)19(17)27-15-3-2-4-16-20(15)29-21(28-16)22(24,25)26/h2-6,9,12,17,19,27H,7-8,10-11H2,1H3,(H,28,29)/t12-,17+,19+/m1/s1. The number of imidazole rings is 1. The zero-order chi connectivity index (χ0) is 22.5. The second kappa shape index (κ2) is 7.93. The zero-order valence-corrected chi connectivity index (χ0v) is 17.2. The smallest absolute Gasteiger partial charge is 0.449 e. The number of rotatable bonds is 3. The van der Waals surface area contributed by atoms with Crippen molar-refractivity contribution in [1.82, 2.24) is 14.9 Å². The summed E-state index contributed by atoms with van der Waals surface area (Å²) < 4.78 is 65.0. The Bertz CT molecular complexity index is 1130. The van der Waals surface area contributed by atoms with Crippen LogP contribution in [0.5, 0.6) is 5.75 Å². The first kappa shape index (κ1) is 21.0. The lowest BCUT2D eigenvalue weighted by molar-refractivity contribution is -0.144. The number of fused-ring (bicyclic) bond motifs is 2. The maximum Gasteiger partial charge on any atom is 0.449 e. The number of nitrogens with zero attached hydrogens (tertiary/aromatic N) is 2. The van der Waals surface area contributed by atoms with Crippen molar-refractivity contribution in [3.05, 3.63) is 53.6 Å². The van der Waals surface area contributed by atoms with Gasteiger partial charge < -0.3 is 19.8 Å². The van der Waals surface area contributed by atoms with E-state index in [0.29, 0.717) is 37.7 Å². The molecule has 3 heterocycles. The predicted molar refractivity (Wildman–Crippen MR) is 110 cm³/mol. The molecule has 6 nitrogen and oxygen atoms in total. The van der Waals surface area contributed by atoms with E-state index in [1.54, 1.807) is 24.3 Å². The largest absolute Gasteiger partial charge is 0.491 e. The first-order valence-electron chi connectivity index (χ1n) is 10.4. The van der Waals surface area contributed by atoms with Gasteiger partial charge in [-0.25, -0.2) is 9.37 Å².